The van der Waals surface area contributed by atoms with Gasteiger partial charge in [0.1, 0.15) is 13.2 Å². The standard InChI is InChI=1S/C14H18N2O3/c1-10(2)8-13(17)16-15-9-11-4-3-5-12-14(11)19-7-6-18-12/h3-5,9-10H,6-8H2,1-2H3,(H,16,17)/b15-9-. The molecule has 5 nitrogen and oxygen atoms in total. The lowest BCUT2D eigenvalue weighted by Gasteiger charge is -2.19. The molecule has 0 saturated heterocycles. The molecular formula is C14H18N2O3. The molecule has 1 aliphatic heterocycles. The highest BCUT2D eigenvalue weighted by Crippen LogP contribution is 2.32. The molecule has 0 radical (unpaired) electrons. The van der Waals surface area contributed by atoms with Crippen molar-refractivity contribution in [2.24, 2.45) is 11.0 Å². The van der Waals surface area contributed by atoms with Crippen molar-refractivity contribution < 1.29 is 14.3 Å². The van der Waals surface area contributed by atoms with Crippen LogP contribution in [-0.4, -0.2) is 25.3 Å². The summed E-state index contributed by atoms with van der Waals surface area (Å²) in [5, 5.41) is 3.94. The zero-order valence-corrected chi connectivity index (χ0v) is 11.2. The van der Waals surface area contributed by atoms with Gasteiger partial charge in [0, 0.05) is 12.0 Å². The average Bonchev–Trinajstić information content (AvgIpc) is 2.38. The van der Waals surface area contributed by atoms with E-state index in [1.807, 2.05) is 32.0 Å². The lowest BCUT2D eigenvalue weighted by Crippen LogP contribution is -2.19. The van der Waals surface area contributed by atoms with Gasteiger partial charge < -0.3 is 9.47 Å². The van der Waals surface area contributed by atoms with Crippen LogP contribution in [0.15, 0.2) is 23.3 Å². The fourth-order valence-electron chi connectivity index (χ4n) is 1.79. The predicted octanol–water partition coefficient (Wildman–Crippen LogP) is 1.95. The Balaban J connectivity index is 2.01. The fourth-order valence-corrected chi connectivity index (χ4v) is 1.79. The summed E-state index contributed by atoms with van der Waals surface area (Å²) in [7, 11) is 0. The lowest BCUT2D eigenvalue weighted by atomic mass is 10.1. The number of fused-ring (bicyclic) bond motifs is 1. The minimum Gasteiger partial charge on any atom is -0.486 e. The molecule has 19 heavy (non-hydrogen) atoms. The van der Waals surface area contributed by atoms with E-state index in [4.69, 9.17) is 9.47 Å². The van der Waals surface area contributed by atoms with Crippen LogP contribution in [0.5, 0.6) is 11.5 Å². The van der Waals surface area contributed by atoms with Gasteiger partial charge in [-0.15, -0.1) is 0 Å². The third kappa shape index (κ3) is 3.71. The van der Waals surface area contributed by atoms with Gasteiger partial charge in [0.25, 0.3) is 0 Å². The van der Waals surface area contributed by atoms with Crippen molar-refractivity contribution in [2.45, 2.75) is 20.3 Å². The molecule has 1 amide bonds. The third-order valence-electron chi connectivity index (χ3n) is 2.58. The van der Waals surface area contributed by atoms with Crippen LogP contribution in [0.25, 0.3) is 0 Å². The maximum absolute atomic E-state index is 11.5. The van der Waals surface area contributed by atoms with Crippen LogP contribution >= 0.6 is 0 Å². The highest BCUT2D eigenvalue weighted by atomic mass is 16.6. The number of para-hydroxylation sites is 1. The first-order valence-corrected chi connectivity index (χ1v) is 6.37. The number of rotatable bonds is 4. The molecule has 0 fully saturated rings. The number of nitrogens with one attached hydrogen (secondary N) is 1. The van der Waals surface area contributed by atoms with Crippen LogP contribution in [0.1, 0.15) is 25.8 Å². The number of carbonyl (C=O) groups is 1. The van der Waals surface area contributed by atoms with Crippen molar-refractivity contribution in [3.63, 3.8) is 0 Å². The van der Waals surface area contributed by atoms with Gasteiger partial charge in [0.05, 0.1) is 6.21 Å². The van der Waals surface area contributed by atoms with Crippen molar-refractivity contribution >= 4 is 12.1 Å². The number of hydrogen-bond acceptors (Lipinski definition) is 4. The Hall–Kier alpha value is -2.04. The topological polar surface area (TPSA) is 59.9 Å². The number of hydrazone groups is 1. The Labute approximate surface area is 112 Å². The van der Waals surface area contributed by atoms with Gasteiger partial charge >= 0.3 is 0 Å². The second-order valence-electron chi connectivity index (χ2n) is 4.76. The highest BCUT2D eigenvalue weighted by Gasteiger charge is 2.14. The molecular weight excluding hydrogens is 244 g/mol. The van der Waals surface area contributed by atoms with E-state index in [2.05, 4.69) is 10.5 Å². The lowest BCUT2D eigenvalue weighted by molar-refractivity contribution is -0.121. The van der Waals surface area contributed by atoms with E-state index in [1.54, 1.807) is 6.21 Å². The monoisotopic (exact) mass is 262 g/mol. The van der Waals surface area contributed by atoms with Gasteiger partial charge in [-0.3, -0.25) is 4.79 Å². The number of carbonyl (C=O) groups excluding carboxylic acids is 1. The number of amides is 1. The van der Waals surface area contributed by atoms with Gasteiger partial charge in [-0.2, -0.15) is 5.10 Å². The van der Waals surface area contributed by atoms with Gasteiger partial charge in [-0.1, -0.05) is 19.9 Å². The van der Waals surface area contributed by atoms with Crippen LogP contribution in [0, 0.1) is 5.92 Å². The van der Waals surface area contributed by atoms with Gasteiger partial charge in [0.15, 0.2) is 11.5 Å². The van der Waals surface area contributed by atoms with Crippen LogP contribution in [0.2, 0.25) is 0 Å². The SMILES string of the molecule is CC(C)CC(=O)N/N=C\c1cccc2c1OCCO2. The Morgan fingerprint density at radius 1 is 1.42 bits per heavy atom. The summed E-state index contributed by atoms with van der Waals surface area (Å²) in [4.78, 5) is 11.5. The maximum atomic E-state index is 11.5. The molecule has 0 aliphatic carbocycles. The zero-order chi connectivity index (χ0) is 13.7. The Bertz CT molecular complexity index is 484. The van der Waals surface area contributed by atoms with Crippen molar-refractivity contribution in [1.82, 2.24) is 5.43 Å². The van der Waals surface area contributed by atoms with Crippen LogP contribution in [-0.2, 0) is 4.79 Å². The second kappa shape index (κ2) is 6.22. The van der Waals surface area contributed by atoms with E-state index in [1.165, 1.54) is 0 Å². The van der Waals surface area contributed by atoms with Crippen LogP contribution < -0.4 is 14.9 Å². The summed E-state index contributed by atoms with van der Waals surface area (Å²) in [5.74, 6) is 1.61. The number of ether oxygens (including phenoxy) is 2. The second-order valence-corrected chi connectivity index (χ2v) is 4.76. The molecule has 1 aromatic rings. The summed E-state index contributed by atoms with van der Waals surface area (Å²) in [6.07, 6.45) is 2.04. The molecule has 102 valence electrons. The molecule has 0 unspecified atom stereocenters. The Kier molecular flexibility index (Phi) is 4.39. The maximum Gasteiger partial charge on any atom is 0.240 e. The third-order valence-corrected chi connectivity index (χ3v) is 2.58. The van der Waals surface area contributed by atoms with E-state index in [0.717, 1.165) is 5.56 Å². The van der Waals surface area contributed by atoms with Gasteiger partial charge in [0.2, 0.25) is 5.91 Å². The molecule has 0 bridgehead atoms. The van der Waals surface area contributed by atoms with E-state index < -0.39 is 0 Å². The van der Waals surface area contributed by atoms with Crippen molar-refractivity contribution in [3.05, 3.63) is 23.8 Å². The molecule has 1 aliphatic rings. The summed E-state index contributed by atoms with van der Waals surface area (Å²) in [6.45, 7) is 5.06. The molecule has 0 spiro atoms. The minimum atomic E-state index is -0.0896. The quantitative estimate of drug-likeness (QED) is 0.666. The smallest absolute Gasteiger partial charge is 0.240 e. The Morgan fingerprint density at radius 3 is 3.00 bits per heavy atom. The van der Waals surface area contributed by atoms with Gasteiger partial charge in [-0.05, 0) is 18.1 Å². The molecule has 2 rings (SSSR count). The molecule has 0 aromatic heterocycles. The number of nitrogens with zero attached hydrogens (tertiary/aromatic N) is 1. The van der Waals surface area contributed by atoms with Crippen molar-refractivity contribution in [1.29, 1.82) is 0 Å². The van der Waals surface area contributed by atoms with Crippen LogP contribution in [0.4, 0.5) is 0 Å². The summed E-state index contributed by atoms with van der Waals surface area (Å²) < 4.78 is 11.0. The Morgan fingerprint density at radius 2 is 2.21 bits per heavy atom. The van der Waals surface area contributed by atoms with Crippen molar-refractivity contribution in [2.75, 3.05) is 13.2 Å². The predicted molar refractivity (Wildman–Crippen MR) is 72.6 cm³/mol. The van der Waals surface area contributed by atoms with Crippen LogP contribution in [0.3, 0.4) is 0 Å². The van der Waals surface area contributed by atoms with E-state index in [0.29, 0.717) is 37.1 Å². The minimum absolute atomic E-state index is 0.0896. The summed E-state index contributed by atoms with van der Waals surface area (Å²) in [6, 6.07) is 5.58. The molecule has 1 heterocycles. The number of benzene rings is 1. The summed E-state index contributed by atoms with van der Waals surface area (Å²) >= 11 is 0. The molecule has 0 atom stereocenters. The first-order chi connectivity index (χ1) is 9.16. The molecule has 1 aromatic carbocycles. The fraction of sp³-hybridized carbons (Fsp3) is 0.429. The van der Waals surface area contributed by atoms with E-state index >= 15 is 0 Å². The van der Waals surface area contributed by atoms with E-state index in [-0.39, 0.29) is 5.91 Å². The molecule has 5 heteroatoms. The first kappa shape index (κ1) is 13.4. The zero-order valence-electron chi connectivity index (χ0n) is 11.2. The summed E-state index contributed by atoms with van der Waals surface area (Å²) in [5.41, 5.74) is 3.30. The number of hydrogen-bond donors (Lipinski definition) is 1. The largest absolute Gasteiger partial charge is 0.486 e. The highest BCUT2D eigenvalue weighted by molar-refractivity contribution is 5.86. The van der Waals surface area contributed by atoms with Crippen molar-refractivity contribution in [3.8, 4) is 11.5 Å². The molecule has 1 N–H and O–H groups in total. The van der Waals surface area contributed by atoms with E-state index in [9.17, 15) is 4.79 Å². The van der Waals surface area contributed by atoms with Gasteiger partial charge in [-0.25, -0.2) is 5.43 Å². The average molecular weight is 262 g/mol. The first-order valence-electron chi connectivity index (χ1n) is 6.37. The molecule has 0 saturated carbocycles. The normalized spacial score (nSPS) is 13.8.